The van der Waals surface area contributed by atoms with Crippen molar-refractivity contribution in [2.24, 2.45) is 0 Å². The molecule has 0 amide bonds. The molecular formula is C46H82NO9P. The van der Waals surface area contributed by atoms with Crippen LogP contribution in [0.3, 0.4) is 0 Å². The lowest BCUT2D eigenvalue weighted by atomic mass is 10.1. The summed E-state index contributed by atoms with van der Waals surface area (Å²) in [5.74, 6) is -1.05. The van der Waals surface area contributed by atoms with Gasteiger partial charge in [0.2, 0.25) is 0 Å². The van der Waals surface area contributed by atoms with E-state index in [1.807, 2.05) is 33.3 Å². The van der Waals surface area contributed by atoms with Crippen molar-refractivity contribution in [3.63, 3.8) is 0 Å². The number of phosphoric ester groups is 1. The summed E-state index contributed by atoms with van der Waals surface area (Å²) >= 11 is 0. The van der Waals surface area contributed by atoms with Gasteiger partial charge in [-0.05, 0) is 70.6 Å². The van der Waals surface area contributed by atoms with Crippen LogP contribution in [-0.4, -0.2) is 81.2 Å². The topological polar surface area (TPSA) is 131 Å². The van der Waals surface area contributed by atoms with Crippen molar-refractivity contribution in [3.05, 3.63) is 60.8 Å². The molecule has 0 saturated carbocycles. The van der Waals surface area contributed by atoms with Crippen LogP contribution in [-0.2, 0) is 32.7 Å². The van der Waals surface area contributed by atoms with E-state index in [0.717, 1.165) is 57.8 Å². The minimum atomic E-state index is -4.68. The zero-order chi connectivity index (χ0) is 42.3. The highest BCUT2D eigenvalue weighted by Crippen LogP contribution is 2.38. The van der Waals surface area contributed by atoms with Gasteiger partial charge in [-0.25, -0.2) is 0 Å². The molecule has 0 saturated heterocycles. The molecule has 0 bridgehead atoms. The van der Waals surface area contributed by atoms with Crippen LogP contribution in [0.2, 0.25) is 0 Å². The second-order valence-electron chi connectivity index (χ2n) is 15.9. The molecule has 0 aromatic rings. The van der Waals surface area contributed by atoms with E-state index in [9.17, 15) is 24.2 Å². The highest BCUT2D eigenvalue weighted by molar-refractivity contribution is 7.45. The SMILES string of the molecule is CCCCC/C=C\C/C=C\CCCCCCCC(=O)OC[C@H](COP(=O)([O-])OCC[N+](C)(C)C)OC(=O)CCCC(O)/C=C/C=C/C/C=C/CCCCCCCC. The Morgan fingerprint density at radius 3 is 1.79 bits per heavy atom. The van der Waals surface area contributed by atoms with Crippen molar-refractivity contribution >= 4 is 19.8 Å². The Kier molecular flexibility index (Phi) is 36.4. The molecule has 330 valence electrons. The number of allylic oxidation sites excluding steroid dienone is 9. The van der Waals surface area contributed by atoms with Gasteiger partial charge in [-0.15, -0.1) is 0 Å². The van der Waals surface area contributed by atoms with E-state index in [1.54, 1.807) is 12.2 Å². The lowest BCUT2D eigenvalue weighted by molar-refractivity contribution is -0.870. The first-order valence-electron chi connectivity index (χ1n) is 22.1. The van der Waals surface area contributed by atoms with Crippen molar-refractivity contribution < 1.29 is 47.2 Å². The van der Waals surface area contributed by atoms with Crippen LogP contribution in [0.1, 0.15) is 162 Å². The quantitative estimate of drug-likeness (QED) is 0.0161. The summed E-state index contributed by atoms with van der Waals surface area (Å²) in [6.45, 7) is 3.94. The number of hydrogen-bond donors (Lipinski definition) is 1. The van der Waals surface area contributed by atoms with Gasteiger partial charge in [0.15, 0.2) is 6.10 Å². The number of unbranched alkanes of at least 4 members (excludes halogenated alkanes) is 14. The van der Waals surface area contributed by atoms with Gasteiger partial charge in [-0.3, -0.25) is 14.2 Å². The largest absolute Gasteiger partial charge is 0.756 e. The summed E-state index contributed by atoms with van der Waals surface area (Å²) < 4.78 is 33.7. The van der Waals surface area contributed by atoms with Crippen molar-refractivity contribution in [3.8, 4) is 0 Å². The number of carbonyl (C=O) groups excluding carboxylic acids is 2. The number of carbonyl (C=O) groups is 2. The summed E-state index contributed by atoms with van der Waals surface area (Å²) in [6.07, 6.45) is 41.3. The van der Waals surface area contributed by atoms with Gasteiger partial charge in [0, 0.05) is 12.8 Å². The second-order valence-corrected chi connectivity index (χ2v) is 17.3. The molecule has 0 aliphatic rings. The molecule has 0 aromatic heterocycles. The molecule has 0 aliphatic carbocycles. The molecule has 1 N–H and O–H groups in total. The predicted molar refractivity (Wildman–Crippen MR) is 232 cm³/mol. The van der Waals surface area contributed by atoms with Gasteiger partial charge in [0.25, 0.3) is 7.82 Å². The molecule has 0 rings (SSSR count). The number of ether oxygens (including phenoxy) is 2. The predicted octanol–water partition coefficient (Wildman–Crippen LogP) is 10.8. The summed E-state index contributed by atoms with van der Waals surface area (Å²) in [4.78, 5) is 37.5. The van der Waals surface area contributed by atoms with Gasteiger partial charge < -0.3 is 33.0 Å². The van der Waals surface area contributed by atoms with Crippen molar-refractivity contribution in [2.45, 2.75) is 174 Å². The first kappa shape index (κ1) is 54.7. The molecule has 0 aromatic carbocycles. The first-order chi connectivity index (χ1) is 27.4. The standard InChI is InChI=1S/C46H82NO9P/c1-6-8-10-12-14-16-18-20-21-23-25-27-29-31-33-37-45(49)53-41-44(42-55-57(51,52)54-40-39-47(3,4)5)56-46(50)38-34-36-43(48)35-32-30-28-26-24-22-19-17-15-13-11-9-7-2/h14,16,20-22,24,28,30,32,35,43-44,48H,6-13,15,17-19,23,25-27,29,31,33-34,36-42H2,1-5H3/b16-14-,21-20-,24-22+,30-28+,35-32+/t43?,44-/m1/s1. The first-order valence-corrected chi connectivity index (χ1v) is 23.6. The summed E-state index contributed by atoms with van der Waals surface area (Å²) in [6, 6.07) is 0. The molecule has 11 heteroatoms. The van der Waals surface area contributed by atoms with E-state index in [2.05, 4.69) is 50.3 Å². The van der Waals surface area contributed by atoms with Gasteiger partial charge >= 0.3 is 11.9 Å². The van der Waals surface area contributed by atoms with E-state index in [1.165, 1.54) is 57.8 Å². The number of rotatable bonds is 39. The summed E-state index contributed by atoms with van der Waals surface area (Å²) in [7, 11) is 1.03. The third-order valence-electron chi connectivity index (χ3n) is 9.11. The lowest BCUT2D eigenvalue weighted by Crippen LogP contribution is -2.37. The number of nitrogens with zero attached hydrogens (tertiary/aromatic N) is 1. The van der Waals surface area contributed by atoms with Crippen LogP contribution in [0.15, 0.2) is 60.8 Å². The number of phosphoric acid groups is 1. The molecule has 0 heterocycles. The van der Waals surface area contributed by atoms with E-state index in [4.69, 9.17) is 18.5 Å². The molecule has 0 radical (unpaired) electrons. The number of likely N-dealkylation sites (N-methyl/N-ethyl adjacent to an activating group) is 1. The van der Waals surface area contributed by atoms with Crippen LogP contribution in [0.25, 0.3) is 0 Å². The number of quaternary nitrogens is 1. The Morgan fingerprint density at radius 1 is 0.649 bits per heavy atom. The maximum absolute atomic E-state index is 12.7. The average molecular weight is 824 g/mol. The van der Waals surface area contributed by atoms with Crippen LogP contribution >= 0.6 is 7.82 Å². The van der Waals surface area contributed by atoms with Gasteiger partial charge in [0.05, 0.1) is 33.9 Å². The normalized spacial score (nSPS) is 14.7. The van der Waals surface area contributed by atoms with E-state index >= 15 is 0 Å². The van der Waals surface area contributed by atoms with Gasteiger partial charge in [0.1, 0.15) is 19.8 Å². The smallest absolute Gasteiger partial charge is 0.306 e. The third-order valence-corrected chi connectivity index (χ3v) is 10.1. The fourth-order valence-corrected chi connectivity index (χ4v) is 6.30. The fourth-order valence-electron chi connectivity index (χ4n) is 5.57. The minimum absolute atomic E-state index is 0.00438. The zero-order valence-electron chi connectivity index (χ0n) is 36.6. The van der Waals surface area contributed by atoms with E-state index in [0.29, 0.717) is 30.3 Å². The Hall–Kier alpha value is -2.33. The highest BCUT2D eigenvalue weighted by atomic mass is 31.2. The summed E-state index contributed by atoms with van der Waals surface area (Å²) in [5.41, 5.74) is 0. The highest BCUT2D eigenvalue weighted by Gasteiger charge is 2.22. The van der Waals surface area contributed by atoms with Gasteiger partial charge in [-0.1, -0.05) is 139 Å². The van der Waals surface area contributed by atoms with Crippen LogP contribution in [0, 0.1) is 0 Å². The Balaban J connectivity index is 4.59. The molecule has 2 unspecified atom stereocenters. The Morgan fingerprint density at radius 2 is 1.18 bits per heavy atom. The third kappa shape index (κ3) is 41.6. The summed E-state index contributed by atoms with van der Waals surface area (Å²) in [5, 5.41) is 10.3. The Bertz CT molecular complexity index is 1170. The average Bonchev–Trinajstić information content (AvgIpc) is 3.15. The molecule has 0 fully saturated rings. The van der Waals surface area contributed by atoms with Crippen molar-refractivity contribution in [1.82, 2.24) is 0 Å². The lowest BCUT2D eigenvalue weighted by Gasteiger charge is -2.28. The van der Waals surface area contributed by atoms with Crippen molar-refractivity contribution in [2.75, 3.05) is 47.5 Å². The Labute approximate surface area is 348 Å². The number of esters is 2. The molecule has 57 heavy (non-hydrogen) atoms. The van der Waals surface area contributed by atoms with Gasteiger partial charge in [-0.2, -0.15) is 0 Å². The molecular weight excluding hydrogens is 741 g/mol. The van der Waals surface area contributed by atoms with E-state index < -0.39 is 38.6 Å². The second kappa shape index (κ2) is 37.9. The maximum atomic E-state index is 12.7. The maximum Gasteiger partial charge on any atom is 0.306 e. The van der Waals surface area contributed by atoms with Crippen LogP contribution in [0.4, 0.5) is 0 Å². The minimum Gasteiger partial charge on any atom is -0.756 e. The van der Waals surface area contributed by atoms with Crippen LogP contribution in [0.5, 0.6) is 0 Å². The fraction of sp³-hybridized carbons (Fsp3) is 0.739. The van der Waals surface area contributed by atoms with Crippen molar-refractivity contribution in [1.29, 1.82) is 0 Å². The molecule has 10 nitrogen and oxygen atoms in total. The van der Waals surface area contributed by atoms with E-state index in [-0.39, 0.29) is 26.1 Å². The molecule has 0 aliphatic heterocycles. The zero-order valence-corrected chi connectivity index (χ0v) is 37.5. The monoisotopic (exact) mass is 824 g/mol. The molecule has 3 atom stereocenters. The number of aliphatic hydroxyl groups is 1. The number of aliphatic hydroxyl groups excluding tert-OH is 1. The van der Waals surface area contributed by atoms with Crippen LogP contribution < -0.4 is 4.89 Å². The molecule has 0 spiro atoms. The number of hydrogen-bond acceptors (Lipinski definition) is 9.